The zero-order chi connectivity index (χ0) is 32.4. The summed E-state index contributed by atoms with van der Waals surface area (Å²) in [6, 6.07) is 22.4. The molecule has 10 nitrogen and oxygen atoms in total. The van der Waals surface area contributed by atoms with Gasteiger partial charge in [0.1, 0.15) is 0 Å². The van der Waals surface area contributed by atoms with Crippen LogP contribution in [0.2, 0.25) is 0 Å². The van der Waals surface area contributed by atoms with Crippen LogP contribution >= 0.6 is 0 Å². The van der Waals surface area contributed by atoms with E-state index in [1.807, 2.05) is 67.6 Å². The van der Waals surface area contributed by atoms with Crippen molar-refractivity contribution in [2.24, 2.45) is 0 Å². The molecule has 0 spiro atoms. The normalized spacial score (nSPS) is 15.6. The third kappa shape index (κ3) is 10.1. The topological polar surface area (TPSA) is 131 Å². The van der Waals surface area contributed by atoms with E-state index in [-0.39, 0.29) is 29.4 Å². The van der Waals surface area contributed by atoms with Gasteiger partial charge in [-0.1, -0.05) is 60.7 Å². The van der Waals surface area contributed by atoms with Crippen LogP contribution in [0.5, 0.6) is 0 Å². The molecule has 0 aromatic heterocycles. The Morgan fingerprint density at radius 1 is 0.911 bits per heavy atom. The fourth-order valence-electron chi connectivity index (χ4n) is 5.39. The summed E-state index contributed by atoms with van der Waals surface area (Å²) in [6.07, 6.45) is 2.96. The number of hydrogen-bond acceptors (Lipinski definition) is 7. The van der Waals surface area contributed by atoms with E-state index in [0.717, 1.165) is 47.9 Å². The van der Waals surface area contributed by atoms with Gasteiger partial charge >= 0.3 is 0 Å². The van der Waals surface area contributed by atoms with Crippen LogP contribution in [-0.2, 0) is 16.4 Å². The number of aliphatic hydroxyl groups is 1. The van der Waals surface area contributed by atoms with Gasteiger partial charge in [0, 0.05) is 37.8 Å². The standard InChI is InChI=1S/C34H45N5O5S/c1-25(27-14-8-5-9-15-27)36-33(41)28-21-29(23-30(22-28)38(2)45(3,43)44)34(42)37-31(20-26-12-6-4-7-13-26)32(40)24-35-16-19-39-17-10-11-18-39/h4-9,12-15,21-23,25,31-32,35,40H,10-11,16-20,24H2,1-3H3,(H,36,41)(H,37,42). The van der Waals surface area contributed by atoms with E-state index < -0.39 is 34.0 Å². The predicted molar refractivity (Wildman–Crippen MR) is 178 cm³/mol. The van der Waals surface area contributed by atoms with Crippen LogP contribution in [0.1, 0.15) is 57.7 Å². The summed E-state index contributed by atoms with van der Waals surface area (Å²) in [5, 5.41) is 20.4. The first-order chi connectivity index (χ1) is 21.5. The number of carbonyl (C=O) groups excluding carboxylic acids is 2. The lowest BCUT2D eigenvalue weighted by molar-refractivity contribution is 0.0829. The first-order valence-corrected chi connectivity index (χ1v) is 17.3. The Bertz CT molecular complexity index is 1510. The summed E-state index contributed by atoms with van der Waals surface area (Å²) >= 11 is 0. The van der Waals surface area contributed by atoms with E-state index in [0.29, 0.717) is 6.42 Å². The second-order valence-electron chi connectivity index (χ2n) is 11.7. The lowest BCUT2D eigenvalue weighted by Gasteiger charge is -2.26. The molecule has 3 atom stereocenters. The van der Waals surface area contributed by atoms with Crippen LogP contribution < -0.4 is 20.3 Å². The van der Waals surface area contributed by atoms with Gasteiger partial charge in [0.2, 0.25) is 10.0 Å². The Hall–Kier alpha value is -3.77. The molecule has 45 heavy (non-hydrogen) atoms. The van der Waals surface area contributed by atoms with E-state index in [4.69, 9.17) is 0 Å². The number of likely N-dealkylation sites (tertiary alicyclic amines) is 1. The number of anilines is 1. The smallest absolute Gasteiger partial charge is 0.251 e. The van der Waals surface area contributed by atoms with Crippen molar-refractivity contribution < 1.29 is 23.1 Å². The number of amides is 2. The number of sulfonamides is 1. The second-order valence-corrected chi connectivity index (χ2v) is 13.7. The molecule has 1 saturated heterocycles. The average Bonchev–Trinajstić information content (AvgIpc) is 3.56. The zero-order valence-corrected chi connectivity index (χ0v) is 27.1. The average molecular weight is 636 g/mol. The van der Waals surface area contributed by atoms with Crippen LogP contribution in [-0.4, -0.2) is 88.4 Å². The number of rotatable bonds is 15. The summed E-state index contributed by atoms with van der Waals surface area (Å²) in [5.74, 6) is -0.979. The molecule has 242 valence electrons. The largest absolute Gasteiger partial charge is 0.390 e. The molecule has 0 aliphatic carbocycles. The molecule has 4 rings (SSSR count). The Morgan fingerprint density at radius 3 is 2.09 bits per heavy atom. The maximum Gasteiger partial charge on any atom is 0.251 e. The maximum absolute atomic E-state index is 13.7. The first kappa shape index (κ1) is 34.1. The van der Waals surface area contributed by atoms with Crippen molar-refractivity contribution in [3.05, 3.63) is 101 Å². The van der Waals surface area contributed by atoms with Gasteiger partial charge in [0.15, 0.2) is 0 Å². The second kappa shape index (κ2) is 16.0. The molecule has 1 heterocycles. The zero-order valence-electron chi connectivity index (χ0n) is 26.3. The summed E-state index contributed by atoms with van der Waals surface area (Å²) in [5.41, 5.74) is 2.26. The molecule has 2 amide bonds. The van der Waals surface area contributed by atoms with E-state index in [1.165, 1.54) is 38.1 Å². The summed E-state index contributed by atoms with van der Waals surface area (Å²) < 4.78 is 25.9. The van der Waals surface area contributed by atoms with Crippen molar-refractivity contribution in [2.75, 3.05) is 50.3 Å². The molecule has 3 aromatic carbocycles. The predicted octanol–water partition coefficient (Wildman–Crippen LogP) is 2.96. The Kier molecular flexibility index (Phi) is 12.1. The molecule has 4 N–H and O–H groups in total. The minimum Gasteiger partial charge on any atom is -0.390 e. The van der Waals surface area contributed by atoms with Crippen molar-refractivity contribution in [1.82, 2.24) is 20.9 Å². The van der Waals surface area contributed by atoms with Crippen LogP contribution in [0.3, 0.4) is 0 Å². The highest BCUT2D eigenvalue weighted by molar-refractivity contribution is 7.92. The summed E-state index contributed by atoms with van der Waals surface area (Å²) in [4.78, 5) is 29.5. The van der Waals surface area contributed by atoms with Gasteiger partial charge in [-0.05, 0) is 68.6 Å². The minimum atomic E-state index is -3.68. The highest BCUT2D eigenvalue weighted by Gasteiger charge is 2.25. The van der Waals surface area contributed by atoms with Crippen LogP contribution in [0.25, 0.3) is 0 Å². The molecular weight excluding hydrogens is 590 g/mol. The summed E-state index contributed by atoms with van der Waals surface area (Å²) in [6.45, 7) is 5.95. The quantitative estimate of drug-likeness (QED) is 0.189. The fourth-order valence-corrected chi connectivity index (χ4v) is 5.88. The van der Waals surface area contributed by atoms with E-state index in [1.54, 1.807) is 0 Å². The number of nitrogens with one attached hydrogen (secondary N) is 3. The van der Waals surface area contributed by atoms with Crippen molar-refractivity contribution >= 4 is 27.5 Å². The number of nitrogens with zero attached hydrogens (tertiary/aromatic N) is 2. The molecule has 1 aliphatic rings. The minimum absolute atomic E-state index is 0.104. The van der Waals surface area contributed by atoms with Gasteiger partial charge in [0.25, 0.3) is 11.8 Å². The monoisotopic (exact) mass is 635 g/mol. The highest BCUT2D eigenvalue weighted by Crippen LogP contribution is 2.22. The SMILES string of the molecule is CC(NC(=O)c1cc(C(=O)NC(Cc2ccccc2)C(O)CNCCN2CCCC2)cc(N(C)S(C)(=O)=O)c1)c1ccccc1. The van der Waals surface area contributed by atoms with Crippen LogP contribution in [0.15, 0.2) is 78.9 Å². The van der Waals surface area contributed by atoms with E-state index in [2.05, 4.69) is 20.9 Å². The van der Waals surface area contributed by atoms with Gasteiger partial charge in [-0.25, -0.2) is 8.42 Å². The number of benzene rings is 3. The van der Waals surface area contributed by atoms with Crippen molar-refractivity contribution in [3.63, 3.8) is 0 Å². The maximum atomic E-state index is 13.7. The van der Waals surface area contributed by atoms with E-state index >= 15 is 0 Å². The lowest BCUT2D eigenvalue weighted by atomic mass is 10.00. The van der Waals surface area contributed by atoms with Crippen LogP contribution in [0.4, 0.5) is 5.69 Å². The molecule has 1 fully saturated rings. The first-order valence-electron chi connectivity index (χ1n) is 15.4. The van der Waals surface area contributed by atoms with Crippen LogP contribution in [0, 0.1) is 0 Å². The molecule has 0 radical (unpaired) electrons. The molecule has 3 aromatic rings. The third-order valence-corrected chi connectivity index (χ3v) is 9.39. The van der Waals surface area contributed by atoms with Gasteiger partial charge in [-0.2, -0.15) is 0 Å². The molecule has 11 heteroatoms. The fraction of sp³-hybridized carbons (Fsp3) is 0.412. The Morgan fingerprint density at radius 2 is 1.49 bits per heavy atom. The Balaban J connectivity index is 1.55. The van der Waals surface area contributed by atoms with Gasteiger partial charge in [0.05, 0.1) is 30.1 Å². The van der Waals surface area contributed by atoms with Crippen molar-refractivity contribution in [2.45, 2.75) is 44.4 Å². The number of hydrogen-bond donors (Lipinski definition) is 4. The van der Waals surface area contributed by atoms with Gasteiger partial charge in [-0.15, -0.1) is 0 Å². The molecule has 1 aliphatic heterocycles. The lowest BCUT2D eigenvalue weighted by Crippen LogP contribution is -2.49. The third-order valence-electron chi connectivity index (χ3n) is 8.19. The van der Waals surface area contributed by atoms with Gasteiger partial charge < -0.3 is 26.0 Å². The highest BCUT2D eigenvalue weighted by atomic mass is 32.2. The molecule has 0 bridgehead atoms. The number of aliphatic hydroxyl groups excluding tert-OH is 1. The number of carbonyl (C=O) groups is 2. The Labute approximate surface area is 266 Å². The van der Waals surface area contributed by atoms with E-state index in [9.17, 15) is 23.1 Å². The van der Waals surface area contributed by atoms with Crippen molar-refractivity contribution in [3.8, 4) is 0 Å². The molecular formula is C34H45N5O5S. The van der Waals surface area contributed by atoms with Gasteiger partial charge in [-0.3, -0.25) is 13.9 Å². The summed E-state index contributed by atoms with van der Waals surface area (Å²) in [7, 11) is -2.31. The van der Waals surface area contributed by atoms with Crippen molar-refractivity contribution in [1.29, 1.82) is 0 Å². The molecule has 3 unspecified atom stereocenters. The molecule has 0 saturated carbocycles.